The van der Waals surface area contributed by atoms with Gasteiger partial charge in [0.15, 0.2) is 0 Å². The molecular formula is C23H34. The van der Waals surface area contributed by atoms with Crippen LogP contribution in [0, 0.1) is 13.8 Å². The van der Waals surface area contributed by atoms with E-state index in [0.717, 1.165) is 0 Å². The van der Waals surface area contributed by atoms with E-state index in [1.54, 1.807) is 0 Å². The summed E-state index contributed by atoms with van der Waals surface area (Å²) in [5.41, 5.74) is 2.67. The fourth-order valence-corrected chi connectivity index (χ4v) is 2.30. The Labute approximate surface area is 143 Å². The zero-order chi connectivity index (χ0) is 17.8. The van der Waals surface area contributed by atoms with Gasteiger partial charge in [0.25, 0.3) is 0 Å². The second-order valence-corrected chi connectivity index (χ2v) is 5.21. The minimum absolute atomic E-state index is 1.25. The summed E-state index contributed by atoms with van der Waals surface area (Å²) in [6.45, 7) is 16.6. The van der Waals surface area contributed by atoms with Gasteiger partial charge in [-0.25, -0.2) is 0 Å². The molecular weight excluding hydrogens is 276 g/mol. The van der Waals surface area contributed by atoms with Crippen LogP contribution < -0.4 is 0 Å². The van der Waals surface area contributed by atoms with E-state index in [2.05, 4.69) is 76.2 Å². The van der Waals surface area contributed by atoms with Crippen molar-refractivity contribution in [2.75, 3.05) is 0 Å². The lowest BCUT2D eigenvalue weighted by Gasteiger charge is -2.05. The van der Waals surface area contributed by atoms with Crippen LogP contribution in [0.25, 0.3) is 21.5 Å². The van der Waals surface area contributed by atoms with E-state index in [0.29, 0.717) is 0 Å². The van der Waals surface area contributed by atoms with Crippen LogP contribution in [0.1, 0.15) is 59.1 Å². The quantitative estimate of drug-likeness (QED) is 0.368. The van der Waals surface area contributed by atoms with Crippen LogP contribution in [0.4, 0.5) is 0 Å². The molecule has 0 nitrogen and oxygen atoms in total. The summed E-state index contributed by atoms with van der Waals surface area (Å²) in [5.74, 6) is 0. The standard InChI is InChI=1S/C16H14.C3H8.2C2H6/c1-11-6-7-13-10-16-12(2)4-3-5-14(16)9-15(13)8-11;1-3-2;2*1-2/h3-10H,1-2H3;3H2,1-2H3;2*1-2H3. The molecule has 0 N–H and O–H groups in total. The van der Waals surface area contributed by atoms with Gasteiger partial charge in [0.05, 0.1) is 0 Å². The van der Waals surface area contributed by atoms with Gasteiger partial charge in [-0.1, -0.05) is 89.9 Å². The summed E-state index contributed by atoms with van der Waals surface area (Å²) in [6.07, 6.45) is 1.25. The van der Waals surface area contributed by atoms with E-state index in [1.807, 2.05) is 27.7 Å². The third-order valence-electron chi connectivity index (χ3n) is 3.21. The van der Waals surface area contributed by atoms with E-state index < -0.39 is 0 Å². The van der Waals surface area contributed by atoms with Crippen molar-refractivity contribution in [2.24, 2.45) is 0 Å². The van der Waals surface area contributed by atoms with Gasteiger partial charge in [-0.2, -0.15) is 0 Å². The molecule has 0 amide bonds. The summed E-state index contributed by atoms with van der Waals surface area (Å²) in [4.78, 5) is 0. The third-order valence-corrected chi connectivity index (χ3v) is 3.21. The molecule has 0 heteroatoms. The largest absolute Gasteiger partial charge is 0.0683 e. The van der Waals surface area contributed by atoms with E-state index in [-0.39, 0.29) is 0 Å². The molecule has 0 aliphatic heterocycles. The van der Waals surface area contributed by atoms with Gasteiger partial charge >= 0.3 is 0 Å². The second-order valence-electron chi connectivity index (χ2n) is 5.21. The first-order valence-electron chi connectivity index (χ1n) is 9.05. The summed E-state index contributed by atoms with van der Waals surface area (Å²) < 4.78 is 0. The van der Waals surface area contributed by atoms with Crippen molar-refractivity contribution >= 4 is 21.5 Å². The van der Waals surface area contributed by atoms with Crippen molar-refractivity contribution in [3.63, 3.8) is 0 Å². The van der Waals surface area contributed by atoms with Gasteiger partial charge in [0.1, 0.15) is 0 Å². The Kier molecular flexibility index (Phi) is 10.8. The maximum absolute atomic E-state index is 2.29. The number of benzene rings is 3. The molecule has 0 saturated heterocycles. The minimum atomic E-state index is 1.25. The summed E-state index contributed by atoms with van der Waals surface area (Å²) in [7, 11) is 0. The predicted octanol–water partition coefficient (Wildman–Crippen LogP) is 8.08. The number of fused-ring (bicyclic) bond motifs is 2. The first-order chi connectivity index (χ1) is 11.2. The van der Waals surface area contributed by atoms with Gasteiger partial charge in [-0.3, -0.25) is 0 Å². The van der Waals surface area contributed by atoms with Crippen LogP contribution in [0.15, 0.2) is 48.5 Å². The Bertz CT molecular complexity index is 692. The Balaban J connectivity index is 0.000000609. The zero-order valence-corrected chi connectivity index (χ0v) is 16.3. The molecule has 0 aromatic heterocycles. The molecule has 0 aliphatic rings. The molecule has 3 rings (SSSR count). The molecule has 0 bridgehead atoms. The number of aryl methyl sites for hydroxylation is 2. The smallest absolute Gasteiger partial charge is 0.0148 e. The van der Waals surface area contributed by atoms with E-state index in [1.165, 1.54) is 39.1 Å². The Morgan fingerprint density at radius 3 is 1.87 bits per heavy atom. The fourth-order valence-electron chi connectivity index (χ4n) is 2.30. The van der Waals surface area contributed by atoms with Gasteiger partial charge in [-0.15, -0.1) is 0 Å². The molecule has 0 fully saturated rings. The maximum atomic E-state index is 2.29. The van der Waals surface area contributed by atoms with Gasteiger partial charge in [0, 0.05) is 0 Å². The molecule has 126 valence electrons. The van der Waals surface area contributed by atoms with Crippen LogP contribution in [-0.4, -0.2) is 0 Å². The topological polar surface area (TPSA) is 0 Å². The highest BCUT2D eigenvalue weighted by atomic mass is 14.0. The minimum Gasteiger partial charge on any atom is -0.0683 e. The monoisotopic (exact) mass is 310 g/mol. The molecule has 0 atom stereocenters. The molecule has 0 aliphatic carbocycles. The zero-order valence-electron chi connectivity index (χ0n) is 16.3. The Morgan fingerprint density at radius 1 is 0.652 bits per heavy atom. The third kappa shape index (κ3) is 6.06. The molecule has 0 heterocycles. The average Bonchev–Trinajstić information content (AvgIpc) is 2.58. The second kappa shape index (κ2) is 11.7. The lowest BCUT2D eigenvalue weighted by molar-refractivity contribution is 1.09. The van der Waals surface area contributed by atoms with Crippen LogP contribution in [-0.2, 0) is 0 Å². The molecule has 3 aromatic carbocycles. The van der Waals surface area contributed by atoms with Gasteiger partial charge < -0.3 is 0 Å². The van der Waals surface area contributed by atoms with E-state index in [4.69, 9.17) is 0 Å². The van der Waals surface area contributed by atoms with Crippen molar-refractivity contribution in [2.45, 2.75) is 61.8 Å². The Hall–Kier alpha value is -1.82. The van der Waals surface area contributed by atoms with E-state index >= 15 is 0 Å². The number of hydrogen-bond donors (Lipinski definition) is 0. The highest BCUT2D eigenvalue weighted by Crippen LogP contribution is 2.25. The predicted molar refractivity (Wildman–Crippen MR) is 110 cm³/mol. The molecule has 3 aromatic rings. The van der Waals surface area contributed by atoms with Crippen molar-refractivity contribution in [1.82, 2.24) is 0 Å². The first-order valence-corrected chi connectivity index (χ1v) is 9.05. The highest BCUT2D eigenvalue weighted by molar-refractivity contribution is 5.99. The normalized spacial score (nSPS) is 9.04. The summed E-state index contributed by atoms with van der Waals surface area (Å²) >= 11 is 0. The van der Waals surface area contributed by atoms with Crippen molar-refractivity contribution in [1.29, 1.82) is 0 Å². The van der Waals surface area contributed by atoms with Gasteiger partial charge in [0.2, 0.25) is 0 Å². The maximum Gasteiger partial charge on any atom is -0.0148 e. The average molecular weight is 311 g/mol. The molecule has 23 heavy (non-hydrogen) atoms. The van der Waals surface area contributed by atoms with Crippen LogP contribution in [0.3, 0.4) is 0 Å². The lowest BCUT2D eigenvalue weighted by Crippen LogP contribution is -1.80. The van der Waals surface area contributed by atoms with Gasteiger partial charge in [-0.05, 0) is 53.1 Å². The highest BCUT2D eigenvalue weighted by Gasteiger charge is 2.00. The van der Waals surface area contributed by atoms with Crippen LogP contribution in [0.5, 0.6) is 0 Å². The van der Waals surface area contributed by atoms with Crippen LogP contribution >= 0.6 is 0 Å². The SMILES string of the molecule is CC.CC.CCC.Cc1ccc2cc3c(C)cccc3cc2c1. The summed E-state index contributed by atoms with van der Waals surface area (Å²) in [6, 6.07) is 17.7. The molecule has 0 spiro atoms. The molecule has 0 saturated carbocycles. The van der Waals surface area contributed by atoms with Crippen molar-refractivity contribution in [3.8, 4) is 0 Å². The lowest BCUT2D eigenvalue weighted by atomic mass is 9.99. The summed E-state index contributed by atoms with van der Waals surface area (Å²) in [5, 5.41) is 5.35. The number of hydrogen-bond acceptors (Lipinski definition) is 0. The Morgan fingerprint density at radius 2 is 1.26 bits per heavy atom. The fraction of sp³-hybridized carbons (Fsp3) is 0.391. The number of rotatable bonds is 0. The van der Waals surface area contributed by atoms with Crippen molar-refractivity contribution in [3.05, 3.63) is 59.7 Å². The molecule has 0 radical (unpaired) electrons. The molecule has 0 unspecified atom stereocenters. The van der Waals surface area contributed by atoms with Crippen molar-refractivity contribution < 1.29 is 0 Å². The van der Waals surface area contributed by atoms with Crippen LogP contribution in [0.2, 0.25) is 0 Å². The van der Waals surface area contributed by atoms with E-state index in [9.17, 15) is 0 Å². The first kappa shape index (κ1) is 21.2.